The van der Waals surface area contributed by atoms with Crippen LogP contribution in [-0.4, -0.2) is 80.6 Å². The maximum atomic E-state index is 15.1. The molecule has 2 saturated heterocycles. The summed E-state index contributed by atoms with van der Waals surface area (Å²) in [4.78, 5) is 52.5. The van der Waals surface area contributed by atoms with Gasteiger partial charge in [0.05, 0.1) is 31.0 Å². The third kappa shape index (κ3) is 7.47. The molecule has 11 nitrogen and oxygen atoms in total. The zero-order chi connectivity index (χ0) is 28.6. The fourth-order valence-corrected chi connectivity index (χ4v) is 4.78. The maximum Gasteiger partial charge on any atom is 0.414 e. The van der Waals surface area contributed by atoms with E-state index in [0.29, 0.717) is 56.1 Å². The Morgan fingerprint density at radius 1 is 1.07 bits per heavy atom. The van der Waals surface area contributed by atoms with Crippen molar-refractivity contribution in [3.63, 3.8) is 0 Å². The van der Waals surface area contributed by atoms with Crippen molar-refractivity contribution >= 4 is 40.9 Å². The number of ether oxygens (including phenoxy) is 1. The Bertz CT molecular complexity index is 1230. The fourth-order valence-electron chi connectivity index (χ4n) is 4.78. The van der Waals surface area contributed by atoms with Gasteiger partial charge in [-0.3, -0.25) is 19.3 Å². The second-order valence-corrected chi connectivity index (χ2v) is 9.86. The Labute approximate surface area is 232 Å². The van der Waals surface area contributed by atoms with E-state index in [0.717, 1.165) is 12.0 Å². The molecule has 2 aromatic rings. The van der Waals surface area contributed by atoms with Gasteiger partial charge in [-0.1, -0.05) is 12.1 Å². The van der Waals surface area contributed by atoms with Crippen molar-refractivity contribution in [2.24, 2.45) is 5.73 Å². The summed E-state index contributed by atoms with van der Waals surface area (Å²) in [5.74, 6) is -0.848. The summed E-state index contributed by atoms with van der Waals surface area (Å²) in [6, 6.07) is 12.1. The molecule has 2 aromatic carbocycles. The van der Waals surface area contributed by atoms with Gasteiger partial charge in [0.1, 0.15) is 11.9 Å². The number of nitrogens with two attached hydrogens (primary N) is 1. The van der Waals surface area contributed by atoms with Crippen LogP contribution in [0.3, 0.4) is 0 Å². The lowest BCUT2D eigenvalue weighted by Crippen LogP contribution is -2.49. The highest BCUT2D eigenvalue weighted by molar-refractivity contribution is 5.92. The third-order valence-corrected chi connectivity index (χ3v) is 6.95. The number of hydrogen-bond donors (Lipinski definition) is 3. The van der Waals surface area contributed by atoms with Gasteiger partial charge < -0.3 is 30.9 Å². The molecule has 1 unspecified atom stereocenters. The summed E-state index contributed by atoms with van der Waals surface area (Å²) in [6.07, 6.45) is 0.786. The van der Waals surface area contributed by atoms with Crippen LogP contribution in [0.15, 0.2) is 42.5 Å². The van der Waals surface area contributed by atoms with Crippen molar-refractivity contribution in [2.45, 2.75) is 32.3 Å². The number of amides is 4. The molecule has 0 aliphatic carbocycles. The number of anilines is 3. The molecule has 1 atom stereocenters. The number of nitrogens with one attached hydrogen (secondary N) is 2. The van der Waals surface area contributed by atoms with Crippen LogP contribution < -0.4 is 26.2 Å². The number of piperazine rings is 1. The van der Waals surface area contributed by atoms with Crippen LogP contribution in [0.4, 0.5) is 26.2 Å². The van der Waals surface area contributed by atoms with Crippen LogP contribution >= 0.6 is 0 Å². The van der Waals surface area contributed by atoms with Gasteiger partial charge >= 0.3 is 6.09 Å². The molecule has 40 heavy (non-hydrogen) atoms. The zero-order valence-corrected chi connectivity index (χ0v) is 22.5. The number of aryl methyl sites for hydroxylation is 1. The Kier molecular flexibility index (Phi) is 9.54. The predicted octanol–water partition coefficient (Wildman–Crippen LogP) is 1.86. The average molecular weight is 555 g/mol. The Balaban J connectivity index is 1.22. The van der Waals surface area contributed by atoms with Crippen LogP contribution in [-0.2, 0) is 25.5 Å². The van der Waals surface area contributed by atoms with Gasteiger partial charge in [0.2, 0.25) is 17.7 Å². The first-order valence-electron chi connectivity index (χ1n) is 13.4. The summed E-state index contributed by atoms with van der Waals surface area (Å²) in [6.45, 7) is 3.74. The smallest absolute Gasteiger partial charge is 0.414 e. The molecule has 4 N–H and O–H groups in total. The van der Waals surface area contributed by atoms with E-state index in [4.69, 9.17) is 10.5 Å². The second-order valence-electron chi connectivity index (χ2n) is 9.86. The number of carbonyl (C=O) groups is 4. The standard InChI is InChI=1S/C28H35FN6O5/c1-19(36)31-17-23-18-35(28(39)40-23)22-9-10-25(24(29)15-22)33-11-13-34(14-12-33)27(38)4-2-3-20-5-7-21(8-6-20)32-26(37)16-30/h5-10,15,23H,2-4,11-14,16-18,30H2,1H3,(H,31,36)(H,32,37). The number of benzene rings is 2. The van der Waals surface area contributed by atoms with Gasteiger partial charge in [0, 0.05) is 45.2 Å². The van der Waals surface area contributed by atoms with E-state index in [1.165, 1.54) is 17.9 Å². The van der Waals surface area contributed by atoms with Crippen LogP contribution in [0, 0.1) is 5.82 Å². The molecule has 2 aliphatic rings. The summed E-state index contributed by atoms with van der Waals surface area (Å²) in [7, 11) is 0. The normalized spacial score (nSPS) is 17.0. The van der Waals surface area contributed by atoms with Gasteiger partial charge in [-0.15, -0.1) is 0 Å². The molecular formula is C28H35FN6O5. The highest BCUT2D eigenvalue weighted by Gasteiger charge is 2.33. The lowest BCUT2D eigenvalue weighted by Gasteiger charge is -2.36. The molecular weight excluding hydrogens is 519 g/mol. The predicted molar refractivity (Wildman–Crippen MR) is 149 cm³/mol. The van der Waals surface area contributed by atoms with E-state index in [1.807, 2.05) is 34.1 Å². The van der Waals surface area contributed by atoms with E-state index in [-0.39, 0.29) is 37.4 Å². The molecule has 0 saturated carbocycles. The minimum absolute atomic E-state index is 0.0700. The third-order valence-electron chi connectivity index (χ3n) is 6.95. The van der Waals surface area contributed by atoms with Crippen molar-refractivity contribution < 1.29 is 28.3 Å². The monoisotopic (exact) mass is 554 g/mol. The molecule has 214 valence electrons. The molecule has 4 amide bonds. The number of carbonyl (C=O) groups excluding carboxylic acids is 4. The largest absolute Gasteiger partial charge is 0.442 e. The van der Waals surface area contributed by atoms with E-state index in [9.17, 15) is 19.2 Å². The quantitative estimate of drug-likeness (QED) is 0.408. The van der Waals surface area contributed by atoms with Crippen molar-refractivity contribution in [2.75, 3.05) is 60.9 Å². The first kappa shape index (κ1) is 28.8. The molecule has 2 aliphatic heterocycles. The molecule has 12 heteroatoms. The minimum atomic E-state index is -0.581. The Morgan fingerprint density at radius 3 is 2.45 bits per heavy atom. The van der Waals surface area contributed by atoms with E-state index in [2.05, 4.69) is 10.6 Å². The summed E-state index contributed by atoms with van der Waals surface area (Å²) < 4.78 is 20.3. The molecule has 0 aromatic heterocycles. The van der Waals surface area contributed by atoms with Gasteiger partial charge in [0.25, 0.3) is 0 Å². The molecule has 0 spiro atoms. The van der Waals surface area contributed by atoms with Crippen LogP contribution in [0.5, 0.6) is 0 Å². The van der Waals surface area contributed by atoms with Gasteiger partial charge in [-0.2, -0.15) is 0 Å². The zero-order valence-electron chi connectivity index (χ0n) is 22.5. The van der Waals surface area contributed by atoms with E-state index < -0.39 is 18.0 Å². The first-order valence-corrected chi connectivity index (χ1v) is 13.4. The lowest BCUT2D eigenvalue weighted by atomic mass is 10.1. The number of halogens is 1. The van der Waals surface area contributed by atoms with Crippen LogP contribution in [0.25, 0.3) is 0 Å². The summed E-state index contributed by atoms with van der Waals surface area (Å²) in [5, 5.41) is 5.31. The fraction of sp³-hybridized carbons (Fsp3) is 0.429. The van der Waals surface area contributed by atoms with Gasteiger partial charge in [-0.25, -0.2) is 9.18 Å². The maximum absolute atomic E-state index is 15.1. The molecule has 4 rings (SSSR count). The first-order chi connectivity index (χ1) is 19.2. The topological polar surface area (TPSA) is 137 Å². The highest BCUT2D eigenvalue weighted by Crippen LogP contribution is 2.28. The Hall–Kier alpha value is -4.19. The second kappa shape index (κ2) is 13.2. The van der Waals surface area contributed by atoms with Crippen LogP contribution in [0.1, 0.15) is 25.3 Å². The Morgan fingerprint density at radius 2 is 1.80 bits per heavy atom. The number of cyclic esters (lactones) is 1. The molecule has 0 bridgehead atoms. The van der Waals surface area contributed by atoms with E-state index >= 15 is 4.39 Å². The summed E-state index contributed by atoms with van der Waals surface area (Å²) >= 11 is 0. The van der Waals surface area contributed by atoms with Gasteiger partial charge in [-0.05, 0) is 48.7 Å². The van der Waals surface area contributed by atoms with Crippen molar-refractivity contribution in [3.8, 4) is 0 Å². The number of nitrogens with zero attached hydrogens (tertiary/aromatic N) is 3. The molecule has 0 radical (unpaired) electrons. The molecule has 2 fully saturated rings. The average Bonchev–Trinajstić information content (AvgIpc) is 3.33. The van der Waals surface area contributed by atoms with Crippen molar-refractivity contribution in [3.05, 3.63) is 53.8 Å². The van der Waals surface area contributed by atoms with E-state index in [1.54, 1.807) is 12.1 Å². The minimum Gasteiger partial charge on any atom is -0.442 e. The van der Waals surface area contributed by atoms with Crippen molar-refractivity contribution in [1.82, 2.24) is 10.2 Å². The SMILES string of the molecule is CC(=O)NCC1CN(c2ccc(N3CCN(C(=O)CCCc4ccc(NC(=O)CN)cc4)CC3)c(F)c2)C(=O)O1. The van der Waals surface area contributed by atoms with Gasteiger partial charge in [0.15, 0.2) is 0 Å². The van der Waals surface area contributed by atoms with Crippen molar-refractivity contribution in [1.29, 1.82) is 0 Å². The molecule has 2 heterocycles. The van der Waals surface area contributed by atoms with Crippen LogP contribution in [0.2, 0.25) is 0 Å². The number of hydrogen-bond acceptors (Lipinski definition) is 7. The highest BCUT2D eigenvalue weighted by atomic mass is 19.1. The number of rotatable bonds is 10. The summed E-state index contributed by atoms with van der Waals surface area (Å²) in [5.41, 5.74) is 7.88. The lowest BCUT2D eigenvalue weighted by molar-refractivity contribution is -0.131.